The molecule has 2 aliphatic rings. The molecule has 1 saturated carbocycles. The van der Waals surface area contributed by atoms with Gasteiger partial charge in [-0.2, -0.15) is 0 Å². The molecule has 6 heteroatoms. The van der Waals surface area contributed by atoms with Crippen LogP contribution in [0.2, 0.25) is 0 Å². The maximum absolute atomic E-state index is 12.3. The molecule has 1 aromatic carbocycles. The van der Waals surface area contributed by atoms with E-state index in [0.717, 1.165) is 51.0 Å². The van der Waals surface area contributed by atoms with Crippen molar-refractivity contribution in [2.75, 3.05) is 13.1 Å². The Morgan fingerprint density at radius 2 is 1.86 bits per heavy atom. The molecule has 28 heavy (non-hydrogen) atoms. The number of benzene rings is 1. The molecule has 1 aliphatic heterocycles. The van der Waals surface area contributed by atoms with Crippen molar-refractivity contribution < 1.29 is 14.0 Å². The van der Waals surface area contributed by atoms with E-state index in [4.69, 9.17) is 4.42 Å². The van der Waals surface area contributed by atoms with E-state index >= 15 is 0 Å². The van der Waals surface area contributed by atoms with Gasteiger partial charge in [-0.05, 0) is 42.5 Å². The number of hydrogen-bond acceptors (Lipinski definition) is 4. The Bertz CT molecular complexity index is 812. The van der Waals surface area contributed by atoms with E-state index in [2.05, 4.69) is 39.8 Å². The Morgan fingerprint density at radius 3 is 2.61 bits per heavy atom. The van der Waals surface area contributed by atoms with Gasteiger partial charge in [-0.1, -0.05) is 37.1 Å². The molecule has 0 saturated heterocycles. The summed E-state index contributed by atoms with van der Waals surface area (Å²) in [6.45, 7) is 2.02. The van der Waals surface area contributed by atoms with Crippen LogP contribution in [0.4, 0.5) is 0 Å². The second kappa shape index (κ2) is 8.61. The summed E-state index contributed by atoms with van der Waals surface area (Å²) in [4.78, 5) is 26.8. The van der Waals surface area contributed by atoms with Gasteiger partial charge in [0, 0.05) is 25.7 Å². The van der Waals surface area contributed by atoms with Crippen LogP contribution < -0.4 is 10.6 Å². The number of rotatable bonds is 5. The number of hydrogen-bond donors (Lipinski definition) is 2. The second-order valence-electron chi connectivity index (χ2n) is 7.69. The van der Waals surface area contributed by atoms with Crippen molar-refractivity contribution in [3.05, 3.63) is 59.5 Å². The van der Waals surface area contributed by atoms with Gasteiger partial charge in [-0.15, -0.1) is 0 Å². The van der Waals surface area contributed by atoms with E-state index < -0.39 is 11.8 Å². The SMILES string of the molecule is O=C(NCC(c1ccco1)N1CCc2ccccc2C1)C(=O)NC1CCCC1. The van der Waals surface area contributed by atoms with Gasteiger partial charge in [-0.25, -0.2) is 0 Å². The molecular weight excluding hydrogens is 354 g/mol. The molecule has 0 bridgehead atoms. The van der Waals surface area contributed by atoms with Crippen LogP contribution >= 0.6 is 0 Å². The van der Waals surface area contributed by atoms with E-state index in [1.165, 1.54) is 11.1 Å². The first-order valence-electron chi connectivity index (χ1n) is 10.1. The number of carbonyl (C=O) groups excluding carboxylic acids is 2. The number of nitrogens with zero attached hydrogens (tertiary/aromatic N) is 1. The Kier molecular flexibility index (Phi) is 5.76. The van der Waals surface area contributed by atoms with Gasteiger partial charge in [0.1, 0.15) is 5.76 Å². The summed E-state index contributed by atoms with van der Waals surface area (Å²) >= 11 is 0. The summed E-state index contributed by atoms with van der Waals surface area (Å²) in [6.07, 6.45) is 6.76. The van der Waals surface area contributed by atoms with Crippen molar-refractivity contribution in [3.63, 3.8) is 0 Å². The highest BCUT2D eigenvalue weighted by molar-refractivity contribution is 6.35. The van der Waals surface area contributed by atoms with Crippen LogP contribution in [-0.4, -0.2) is 35.8 Å². The molecule has 0 spiro atoms. The molecule has 2 amide bonds. The Balaban J connectivity index is 1.40. The minimum absolute atomic E-state index is 0.105. The van der Waals surface area contributed by atoms with E-state index in [0.29, 0.717) is 6.54 Å². The Labute approximate surface area is 165 Å². The van der Waals surface area contributed by atoms with E-state index in [-0.39, 0.29) is 12.1 Å². The van der Waals surface area contributed by atoms with Gasteiger partial charge in [0.15, 0.2) is 0 Å². The average molecular weight is 381 g/mol. The lowest BCUT2D eigenvalue weighted by atomic mass is 9.98. The summed E-state index contributed by atoms with van der Waals surface area (Å²) in [5, 5.41) is 5.66. The van der Waals surface area contributed by atoms with Crippen LogP contribution in [0, 0.1) is 0 Å². The first-order valence-corrected chi connectivity index (χ1v) is 10.1. The highest BCUT2D eigenvalue weighted by Gasteiger charge is 2.28. The minimum Gasteiger partial charge on any atom is -0.468 e. The summed E-state index contributed by atoms with van der Waals surface area (Å²) in [6, 6.07) is 12.3. The van der Waals surface area contributed by atoms with E-state index in [1.54, 1.807) is 6.26 Å². The third-order valence-corrected chi connectivity index (χ3v) is 5.83. The Morgan fingerprint density at radius 1 is 1.07 bits per heavy atom. The summed E-state index contributed by atoms with van der Waals surface area (Å²) in [7, 11) is 0. The van der Waals surface area contributed by atoms with Crippen molar-refractivity contribution in [3.8, 4) is 0 Å². The number of carbonyl (C=O) groups is 2. The maximum atomic E-state index is 12.3. The topological polar surface area (TPSA) is 74.6 Å². The highest BCUT2D eigenvalue weighted by Crippen LogP contribution is 2.27. The van der Waals surface area contributed by atoms with Crippen LogP contribution in [-0.2, 0) is 22.6 Å². The van der Waals surface area contributed by atoms with Gasteiger partial charge in [0.2, 0.25) is 0 Å². The maximum Gasteiger partial charge on any atom is 0.309 e. The summed E-state index contributed by atoms with van der Waals surface area (Å²) < 4.78 is 5.64. The van der Waals surface area contributed by atoms with Crippen molar-refractivity contribution in [2.24, 2.45) is 0 Å². The predicted molar refractivity (Wildman–Crippen MR) is 105 cm³/mol. The third-order valence-electron chi connectivity index (χ3n) is 5.83. The van der Waals surface area contributed by atoms with Crippen LogP contribution in [0.3, 0.4) is 0 Å². The molecule has 2 N–H and O–H groups in total. The lowest BCUT2D eigenvalue weighted by molar-refractivity contribution is -0.139. The molecule has 1 unspecified atom stereocenters. The number of fused-ring (bicyclic) bond motifs is 1. The van der Waals surface area contributed by atoms with Crippen molar-refractivity contribution >= 4 is 11.8 Å². The standard InChI is InChI=1S/C22H27N3O3/c26-21(22(27)24-18-8-3-4-9-18)23-14-19(20-10-5-13-28-20)25-12-11-16-6-1-2-7-17(16)15-25/h1-2,5-7,10,13,18-19H,3-4,8-9,11-12,14-15H2,(H,23,26)(H,24,27). The van der Waals surface area contributed by atoms with Crippen molar-refractivity contribution in [2.45, 2.75) is 50.7 Å². The van der Waals surface area contributed by atoms with Crippen LogP contribution in [0.25, 0.3) is 0 Å². The molecule has 2 aromatic rings. The molecule has 1 fully saturated rings. The average Bonchev–Trinajstić information content (AvgIpc) is 3.42. The first-order chi connectivity index (χ1) is 13.7. The molecule has 1 aromatic heterocycles. The number of furan rings is 1. The molecule has 0 radical (unpaired) electrons. The van der Waals surface area contributed by atoms with Crippen molar-refractivity contribution in [1.82, 2.24) is 15.5 Å². The normalized spacial score (nSPS) is 18.4. The van der Waals surface area contributed by atoms with Gasteiger partial charge in [0.05, 0.1) is 12.3 Å². The quantitative estimate of drug-likeness (QED) is 0.781. The predicted octanol–water partition coefficient (Wildman–Crippen LogP) is 2.55. The Hall–Kier alpha value is -2.60. The van der Waals surface area contributed by atoms with Crippen LogP contribution in [0.15, 0.2) is 47.1 Å². The smallest absolute Gasteiger partial charge is 0.309 e. The zero-order chi connectivity index (χ0) is 19.3. The summed E-state index contributed by atoms with van der Waals surface area (Å²) in [5.74, 6) is -0.300. The molecule has 4 rings (SSSR count). The molecule has 1 atom stereocenters. The molecule has 6 nitrogen and oxygen atoms in total. The van der Waals surface area contributed by atoms with Crippen LogP contribution in [0.1, 0.15) is 48.6 Å². The fourth-order valence-electron chi connectivity index (χ4n) is 4.26. The molecule has 1 aliphatic carbocycles. The van der Waals surface area contributed by atoms with Gasteiger partial charge in [-0.3, -0.25) is 14.5 Å². The van der Waals surface area contributed by atoms with E-state index in [1.807, 2.05) is 12.1 Å². The fourth-order valence-corrected chi connectivity index (χ4v) is 4.26. The number of amides is 2. The zero-order valence-corrected chi connectivity index (χ0v) is 16.0. The lowest BCUT2D eigenvalue weighted by Gasteiger charge is -2.34. The first kappa shape index (κ1) is 18.7. The van der Waals surface area contributed by atoms with Crippen molar-refractivity contribution in [1.29, 1.82) is 0 Å². The minimum atomic E-state index is -0.569. The number of nitrogens with one attached hydrogen (secondary N) is 2. The molecular formula is C22H27N3O3. The zero-order valence-electron chi connectivity index (χ0n) is 16.0. The largest absolute Gasteiger partial charge is 0.468 e. The molecule has 148 valence electrons. The van der Waals surface area contributed by atoms with Gasteiger partial charge >= 0.3 is 11.8 Å². The van der Waals surface area contributed by atoms with Gasteiger partial charge in [0.25, 0.3) is 0 Å². The third kappa shape index (κ3) is 4.28. The van der Waals surface area contributed by atoms with Gasteiger partial charge < -0.3 is 15.1 Å². The van der Waals surface area contributed by atoms with Crippen LogP contribution in [0.5, 0.6) is 0 Å². The monoisotopic (exact) mass is 381 g/mol. The van der Waals surface area contributed by atoms with E-state index in [9.17, 15) is 9.59 Å². The fraction of sp³-hybridized carbons (Fsp3) is 0.455. The highest BCUT2D eigenvalue weighted by atomic mass is 16.3. The lowest BCUT2D eigenvalue weighted by Crippen LogP contribution is -2.47. The molecule has 2 heterocycles. The summed E-state index contributed by atoms with van der Waals surface area (Å²) in [5.41, 5.74) is 2.67. The second-order valence-corrected chi connectivity index (χ2v) is 7.69.